The maximum atomic E-state index is 12.0. The first kappa shape index (κ1) is 16.0. The normalized spacial score (nSPS) is 11.7. The second-order valence-corrected chi connectivity index (χ2v) is 4.36. The molecule has 4 nitrogen and oxygen atoms in total. The van der Waals surface area contributed by atoms with Crippen LogP contribution < -0.4 is 0 Å². The molecule has 0 amide bonds. The molecule has 0 unspecified atom stereocenters. The Hall–Kier alpha value is -2.10. The molecule has 0 aromatic heterocycles. The third-order valence-corrected chi connectivity index (χ3v) is 2.84. The lowest BCUT2D eigenvalue weighted by atomic mass is 9.94. The van der Waals surface area contributed by atoms with Gasteiger partial charge in [0, 0.05) is 0 Å². The number of carbonyl (C=O) groups is 2. The van der Waals surface area contributed by atoms with Crippen LogP contribution in [0, 0.1) is 0 Å². The molecule has 0 aliphatic carbocycles. The largest absolute Gasteiger partial charge is 0.481 e. The first-order valence-corrected chi connectivity index (χ1v) is 6.76. The first-order chi connectivity index (χ1) is 9.60. The number of hydrogen-bond donors (Lipinski definition) is 1. The van der Waals surface area contributed by atoms with Gasteiger partial charge >= 0.3 is 11.9 Å². The van der Waals surface area contributed by atoms with Gasteiger partial charge < -0.3 is 9.84 Å². The Kier molecular flexibility index (Phi) is 6.50. The average Bonchev–Trinajstić information content (AvgIpc) is 2.43. The number of carboxylic acid groups (broad SMARTS) is 1. The van der Waals surface area contributed by atoms with Crippen LogP contribution in [-0.2, 0) is 14.3 Å². The van der Waals surface area contributed by atoms with Crippen molar-refractivity contribution in [1.29, 1.82) is 0 Å². The highest BCUT2D eigenvalue weighted by atomic mass is 16.5. The second kappa shape index (κ2) is 8.15. The minimum atomic E-state index is -1.03. The van der Waals surface area contributed by atoms with E-state index in [4.69, 9.17) is 9.84 Å². The number of hydrogen-bond acceptors (Lipinski definition) is 3. The third-order valence-electron chi connectivity index (χ3n) is 2.84. The topological polar surface area (TPSA) is 63.6 Å². The van der Waals surface area contributed by atoms with E-state index in [0.717, 1.165) is 17.6 Å². The smallest absolute Gasteiger partial charge is 0.334 e. The highest BCUT2D eigenvalue weighted by Crippen LogP contribution is 2.26. The molecular formula is C16H20O4. The molecule has 1 rings (SSSR count). The highest BCUT2D eigenvalue weighted by molar-refractivity contribution is 6.01. The fourth-order valence-electron chi connectivity index (χ4n) is 2.03. The minimum Gasteiger partial charge on any atom is -0.481 e. The summed E-state index contributed by atoms with van der Waals surface area (Å²) in [6.45, 7) is 3.93. The Labute approximate surface area is 119 Å². The number of ether oxygens (including phenoxy) is 1. The van der Waals surface area contributed by atoms with E-state index in [2.05, 4.69) is 0 Å². The summed E-state index contributed by atoms with van der Waals surface area (Å²) >= 11 is 0. The van der Waals surface area contributed by atoms with Crippen LogP contribution in [0.2, 0.25) is 0 Å². The van der Waals surface area contributed by atoms with Gasteiger partial charge in [-0.15, -0.1) is 0 Å². The number of rotatable bonds is 7. The number of esters is 1. The van der Waals surface area contributed by atoms with Crippen LogP contribution in [0.25, 0.3) is 5.57 Å². The van der Waals surface area contributed by atoms with Crippen LogP contribution >= 0.6 is 0 Å². The molecule has 0 bridgehead atoms. The quantitative estimate of drug-likeness (QED) is 0.613. The van der Waals surface area contributed by atoms with E-state index in [1.54, 1.807) is 6.92 Å². The Morgan fingerprint density at radius 2 is 1.80 bits per heavy atom. The molecule has 1 N–H and O–H groups in total. The van der Waals surface area contributed by atoms with E-state index in [0.29, 0.717) is 6.42 Å². The Morgan fingerprint density at radius 3 is 2.30 bits per heavy atom. The summed E-state index contributed by atoms with van der Waals surface area (Å²) in [4.78, 5) is 23.0. The summed E-state index contributed by atoms with van der Waals surface area (Å²) in [5.41, 5.74) is 1.88. The van der Waals surface area contributed by atoms with Crippen molar-refractivity contribution in [3.05, 3.63) is 41.5 Å². The average molecular weight is 276 g/mol. The molecule has 4 heteroatoms. The maximum Gasteiger partial charge on any atom is 0.334 e. The molecule has 1 aromatic carbocycles. The van der Waals surface area contributed by atoms with Gasteiger partial charge in [0.15, 0.2) is 0 Å². The van der Waals surface area contributed by atoms with Crippen LogP contribution in [0.4, 0.5) is 0 Å². The van der Waals surface area contributed by atoms with E-state index >= 15 is 0 Å². The second-order valence-electron chi connectivity index (χ2n) is 4.36. The monoisotopic (exact) mass is 276 g/mol. The number of allylic oxidation sites excluding steroid dienone is 1. The molecule has 0 heterocycles. The summed E-state index contributed by atoms with van der Waals surface area (Å²) in [6, 6.07) is 9.38. The van der Waals surface area contributed by atoms with Crippen molar-refractivity contribution in [3.63, 3.8) is 0 Å². The van der Waals surface area contributed by atoms with Gasteiger partial charge in [-0.25, -0.2) is 4.79 Å². The summed E-state index contributed by atoms with van der Waals surface area (Å²) in [5.74, 6) is -1.57. The van der Waals surface area contributed by atoms with E-state index in [-0.39, 0.29) is 18.6 Å². The maximum absolute atomic E-state index is 12.0. The Morgan fingerprint density at radius 1 is 1.15 bits per heavy atom. The molecule has 0 saturated heterocycles. The zero-order chi connectivity index (χ0) is 15.0. The van der Waals surface area contributed by atoms with Gasteiger partial charge in [-0.1, -0.05) is 43.7 Å². The van der Waals surface area contributed by atoms with Crippen molar-refractivity contribution in [2.75, 3.05) is 6.61 Å². The van der Waals surface area contributed by atoms with Crippen molar-refractivity contribution in [2.24, 2.45) is 0 Å². The van der Waals surface area contributed by atoms with Crippen molar-refractivity contribution in [1.82, 2.24) is 0 Å². The molecule has 0 fully saturated rings. The minimum absolute atomic E-state index is 0.232. The van der Waals surface area contributed by atoms with Gasteiger partial charge in [0.05, 0.1) is 18.6 Å². The van der Waals surface area contributed by atoms with Crippen molar-refractivity contribution < 1.29 is 19.4 Å². The van der Waals surface area contributed by atoms with Crippen molar-refractivity contribution in [3.8, 4) is 0 Å². The number of carboxylic acids is 1. The van der Waals surface area contributed by atoms with Gasteiger partial charge in [-0.2, -0.15) is 0 Å². The van der Waals surface area contributed by atoms with E-state index < -0.39 is 11.9 Å². The number of aliphatic carboxylic acids is 1. The lowest BCUT2D eigenvalue weighted by Gasteiger charge is -2.13. The number of benzene rings is 1. The molecule has 108 valence electrons. The van der Waals surface area contributed by atoms with Gasteiger partial charge in [-0.3, -0.25) is 4.79 Å². The molecule has 0 spiro atoms. The predicted molar refractivity (Wildman–Crippen MR) is 77.2 cm³/mol. The summed E-state index contributed by atoms with van der Waals surface area (Å²) < 4.78 is 4.99. The first-order valence-electron chi connectivity index (χ1n) is 6.76. The van der Waals surface area contributed by atoms with Crippen molar-refractivity contribution >= 4 is 17.5 Å². The van der Waals surface area contributed by atoms with Crippen LogP contribution in [0.15, 0.2) is 35.9 Å². The van der Waals surface area contributed by atoms with Gasteiger partial charge in [0.1, 0.15) is 0 Å². The summed E-state index contributed by atoms with van der Waals surface area (Å²) in [7, 11) is 0. The molecule has 0 saturated carbocycles. The lowest BCUT2D eigenvalue weighted by molar-refractivity contribution is -0.142. The third kappa shape index (κ3) is 4.53. The Bertz CT molecular complexity index is 488. The van der Waals surface area contributed by atoms with Gasteiger partial charge in [0.2, 0.25) is 0 Å². The number of carbonyl (C=O) groups excluding carboxylic acids is 1. The van der Waals surface area contributed by atoms with E-state index in [1.807, 2.05) is 37.3 Å². The fraction of sp³-hybridized carbons (Fsp3) is 0.375. The van der Waals surface area contributed by atoms with E-state index in [9.17, 15) is 9.59 Å². The van der Waals surface area contributed by atoms with Crippen LogP contribution in [-0.4, -0.2) is 23.7 Å². The summed E-state index contributed by atoms with van der Waals surface area (Å²) in [6.07, 6.45) is 1.15. The fourth-order valence-corrected chi connectivity index (χ4v) is 2.03. The molecule has 0 atom stereocenters. The molecular weight excluding hydrogens is 256 g/mol. The van der Waals surface area contributed by atoms with Gasteiger partial charge in [0.25, 0.3) is 0 Å². The SMILES string of the molecule is CCC/C(=C(/CC(=O)O)C(=O)OCC)c1ccccc1. The van der Waals surface area contributed by atoms with Crippen molar-refractivity contribution in [2.45, 2.75) is 33.1 Å². The molecule has 20 heavy (non-hydrogen) atoms. The highest BCUT2D eigenvalue weighted by Gasteiger charge is 2.20. The van der Waals surface area contributed by atoms with Crippen LogP contribution in [0.1, 0.15) is 38.7 Å². The molecule has 1 aromatic rings. The zero-order valence-electron chi connectivity index (χ0n) is 11.9. The standard InChI is InChI=1S/C16H20O4/c1-3-8-13(12-9-6-5-7-10-12)14(11-15(17)18)16(19)20-4-2/h5-7,9-10H,3-4,8,11H2,1-2H3,(H,17,18)/b14-13+. The zero-order valence-corrected chi connectivity index (χ0v) is 11.9. The predicted octanol–water partition coefficient (Wildman–Crippen LogP) is 3.28. The van der Waals surface area contributed by atoms with Crippen LogP contribution in [0.3, 0.4) is 0 Å². The Balaban J connectivity index is 3.29. The van der Waals surface area contributed by atoms with E-state index in [1.165, 1.54) is 0 Å². The molecule has 0 radical (unpaired) electrons. The summed E-state index contributed by atoms with van der Waals surface area (Å²) in [5, 5.41) is 9.02. The van der Waals surface area contributed by atoms with Gasteiger partial charge in [-0.05, 0) is 24.5 Å². The molecule has 0 aliphatic heterocycles. The molecule has 0 aliphatic rings. The lowest BCUT2D eigenvalue weighted by Crippen LogP contribution is -2.13. The van der Waals surface area contributed by atoms with Crippen LogP contribution in [0.5, 0.6) is 0 Å².